The number of carbonyl (C=O) groups is 1. The van der Waals surface area contributed by atoms with Crippen LogP contribution in [0.2, 0.25) is 5.02 Å². The minimum Gasteiger partial charge on any atom is -0.455 e. The molecule has 0 aliphatic rings. The molecule has 4 nitrogen and oxygen atoms in total. The Kier molecular flexibility index (Phi) is 4.98. The van der Waals surface area contributed by atoms with Gasteiger partial charge in [0.05, 0.1) is 5.69 Å². The minimum absolute atomic E-state index is 0.0305. The molecular weight excluding hydrogens is 278 g/mol. The molecule has 0 aliphatic heterocycles. The van der Waals surface area contributed by atoms with Crippen molar-refractivity contribution in [2.75, 3.05) is 19.0 Å². The SMILES string of the molecule is COCC(=O)Nc1cc(Cl)ccc1Oc1ccccc1. The molecule has 0 aromatic heterocycles. The Morgan fingerprint density at radius 2 is 1.95 bits per heavy atom. The van der Waals surface area contributed by atoms with Crippen LogP contribution < -0.4 is 10.1 Å². The van der Waals surface area contributed by atoms with Crippen LogP contribution in [0.15, 0.2) is 48.5 Å². The molecule has 0 spiro atoms. The summed E-state index contributed by atoms with van der Waals surface area (Å²) in [5.41, 5.74) is 0.503. The first-order chi connectivity index (χ1) is 9.69. The van der Waals surface area contributed by atoms with Crippen LogP contribution in [0.3, 0.4) is 0 Å². The van der Waals surface area contributed by atoms with Gasteiger partial charge in [0.15, 0.2) is 5.75 Å². The van der Waals surface area contributed by atoms with Gasteiger partial charge in [0.2, 0.25) is 5.91 Å². The second kappa shape index (κ2) is 6.93. The van der Waals surface area contributed by atoms with Crippen molar-refractivity contribution in [1.29, 1.82) is 0 Å². The van der Waals surface area contributed by atoms with E-state index >= 15 is 0 Å². The molecular formula is C15H14ClNO3. The van der Waals surface area contributed by atoms with E-state index in [1.165, 1.54) is 7.11 Å². The number of benzene rings is 2. The lowest BCUT2D eigenvalue weighted by molar-refractivity contribution is -0.119. The standard InChI is InChI=1S/C15H14ClNO3/c1-19-10-15(18)17-13-9-11(16)7-8-14(13)20-12-5-3-2-4-6-12/h2-9H,10H2,1H3,(H,17,18). The number of para-hydroxylation sites is 1. The van der Waals surface area contributed by atoms with Gasteiger partial charge in [-0.1, -0.05) is 29.8 Å². The number of anilines is 1. The van der Waals surface area contributed by atoms with Crippen LogP contribution in [0.25, 0.3) is 0 Å². The van der Waals surface area contributed by atoms with Gasteiger partial charge < -0.3 is 14.8 Å². The fourth-order valence-corrected chi connectivity index (χ4v) is 1.79. The Balaban J connectivity index is 2.21. The van der Waals surface area contributed by atoms with E-state index in [0.29, 0.717) is 22.2 Å². The molecule has 0 unspecified atom stereocenters. The molecule has 0 radical (unpaired) electrons. The van der Waals surface area contributed by atoms with Crippen molar-refractivity contribution in [3.05, 3.63) is 53.6 Å². The third-order valence-corrected chi connectivity index (χ3v) is 2.70. The molecule has 0 bridgehead atoms. The van der Waals surface area contributed by atoms with Gasteiger partial charge in [-0.3, -0.25) is 4.79 Å². The summed E-state index contributed by atoms with van der Waals surface area (Å²) in [6.07, 6.45) is 0. The molecule has 2 aromatic carbocycles. The monoisotopic (exact) mass is 291 g/mol. The number of halogens is 1. The molecule has 2 rings (SSSR count). The van der Waals surface area contributed by atoms with Crippen molar-refractivity contribution in [2.24, 2.45) is 0 Å². The molecule has 0 saturated carbocycles. The predicted octanol–water partition coefficient (Wildman–Crippen LogP) is 3.72. The van der Waals surface area contributed by atoms with Gasteiger partial charge in [-0.2, -0.15) is 0 Å². The van der Waals surface area contributed by atoms with E-state index in [2.05, 4.69) is 5.32 Å². The van der Waals surface area contributed by atoms with Crippen LogP contribution in [-0.4, -0.2) is 19.6 Å². The summed E-state index contributed by atoms with van der Waals surface area (Å²) in [6.45, 7) is -0.0305. The Morgan fingerprint density at radius 3 is 2.65 bits per heavy atom. The lowest BCUT2D eigenvalue weighted by Crippen LogP contribution is -2.17. The summed E-state index contributed by atoms with van der Waals surface area (Å²) in [5.74, 6) is 0.926. The molecule has 0 saturated heterocycles. The van der Waals surface area contributed by atoms with Crippen LogP contribution in [0.4, 0.5) is 5.69 Å². The van der Waals surface area contributed by atoms with Gasteiger partial charge in [0, 0.05) is 12.1 Å². The molecule has 0 fully saturated rings. The second-order valence-electron chi connectivity index (χ2n) is 4.04. The molecule has 1 amide bonds. The zero-order valence-electron chi connectivity index (χ0n) is 10.9. The number of hydrogen-bond donors (Lipinski definition) is 1. The maximum Gasteiger partial charge on any atom is 0.250 e. The van der Waals surface area contributed by atoms with Crippen LogP contribution in [-0.2, 0) is 9.53 Å². The second-order valence-corrected chi connectivity index (χ2v) is 4.47. The van der Waals surface area contributed by atoms with Crippen LogP contribution in [0, 0.1) is 0 Å². The number of amides is 1. The summed E-state index contributed by atoms with van der Waals surface area (Å²) in [7, 11) is 1.46. The smallest absolute Gasteiger partial charge is 0.250 e. The fraction of sp³-hybridized carbons (Fsp3) is 0.133. The van der Waals surface area contributed by atoms with Crippen LogP contribution in [0.1, 0.15) is 0 Å². The summed E-state index contributed by atoms with van der Waals surface area (Å²) in [6, 6.07) is 14.3. The van der Waals surface area contributed by atoms with Gasteiger partial charge >= 0.3 is 0 Å². The summed E-state index contributed by atoms with van der Waals surface area (Å²) < 4.78 is 10.5. The average molecular weight is 292 g/mol. The molecule has 1 N–H and O–H groups in total. The molecule has 20 heavy (non-hydrogen) atoms. The van der Waals surface area contributed by atoms with Crippen LogP contribution >= 0.6 is 11.6 Å². The third kappa shape index (κ3) is 3.98. The molecule has 2 aromatic rings. The first-order valence-electron chi connectivity index (χ1n) is 6.00. The number of ether oxygens (including phenoxy) is 2. The van der Waals surface area contributed by atoms with Gasteiger partial charge in [-0.15, -0.1) is 0 Å². The molecule has 0 aliphatic carbocycles. The lowest BCUT2D eigenvalue weighted by Gasteiger charge is -2.12. The van der Waals surface area contributed by atoms with Gasteiger partial charge in [-0.25, -0.2) is 0 Å². The van der Waals surface area contributed by atoms with Gasteiger partial charge in [-0.05, 0) is 30.3 Å². The predicted molar refractivity (Wildman–Crippen MR) is 78.5 cm³/mol. The Labute approximate surface area is 122 Å². The summed E-state index contributed by atoms with van der Waals surface area (Å²) >= 11 is 5.94. The highest BCUT2D eigenvalue weighted by Gasteiger charge is 2.09. The number of hydrogen-bond acceptors (Lipinski definition) is 3. The Morgan fingerprint density at radius 1 is 1.20 bits per heavy atom. The van der Waals surface area contributed by atoms with Crippen molar-refractivity contribution in [3.8, 4) is 11.5 Å². The first-order valence-corrected chi connectivity index (χ1v) is 6.38. The zero-order chi connectivity index (χ0) is 14.4. The quantitative estimate of drug-likeness (QED) is 0.913. The fourth-order valence-electron chi connectivity index (χ4n) is 1.62. The zero-order valence-corrected chi connectivity index (χ0v) is 11.7. The molecule has 104 valence electrons. The largest absolute Gasteiger partial charge is 0.455 e. The van der Waals surface area contributed by atoms with Crippen LogP contribution in [0.5, 0.6) is 11.5 Å². The highest BCUT2D eigenvalue weighted by atomic mass is 35.5. The molecule has 0 heterocycles. The maximum absolute atomic E-state index is 11.6. The van der Waals surface area contributed by atoms with E-state index < -0.39 is 0 Å². The normalized spacial score (nSPS) is 10.1. The first kappa shape index (κ1) is 14.4. The highest BCUT2D eigenvalue weighted by molar-refractivity contribution is 6.31. The summed E-state index contributed by atoms with van der Waals surface area (Å²) in [5, 5.41) is 3.21. The topological polar surface area (TPSA) is 47.6 Å². The third-order valence-electron chi connectivity index (χ3n) is 2.46. The minimum atomic E-state index is -0.271. The van der Waals surface area contributed by atoms with E-state index in [-0.39, 0.29) is 12.5 Å². The van der Waals surface area contributed by atoms with Gasteiger partial charge in [0.25, 0.3) is 0 Å². The number of nitrogens with one attached hydrogen (secondary N) is 1. The lowest BCUT2D eigenvalue weighted by atomic mass is 10.2. The van der Waals surface area contributed by atoms with Gasteiger partial charge in [0.1, 0.15) is 12.4 Å². The van der Waals surface area contributed by atoms with Crippen molar-refractivity contribution in [1.82, 2.24) is 0 Å². The average Bonchev–Trinajstić information content (AvgIpc) is 2.43. The van der Waals surface area contributed by atoms with E-state index in [9.17, 15) is 4.79 Å². The number of methoxy groups -OCH3 is 1. The van der Waals surface area contributed by atoms with Crippen molar-refractivity contribution < 1.29 is 14.3 Å². The van der Waals surface area contributed by atoms with E-state index in [0.717, 1.165) is 0 Å². The Hall–Kier alpha value is -2.04. The van der Waals surface area contributed by atoms with Crippen molar-refractivity contribution >= 4 is 23.2 Å². The van der Waals surface area contributed by atoms with E-state index in [4.69, 9.17) is 21.1 Å². The highest BCUT2D eigenvalue weighted by Crippen LogP contribution is 2.31. The summed E-state index contributed by atoms with van der Waals surface area (Å²) in [4.78, 5) is 11.6. The van der Waals surface area contributed by atoms with E-state index in [1.807, 2.05) is 30.3 Å². The number of rotatable bonds is 5. The van der Waals surface area contributed by atoms with Crippen molar-refractivity contribution in [3.63, 3.8) is 0 Å². The maximum atomic E-state index is 11.6. The van der Waals surface area contributed by atoms with E-state index in [1.54, 1.807) is 18.2 Å². The molecule has 0 atom stereocenters. The number of carbonyl (C=O) groups excluding carboxylic acids is 1. The van der Waals surface area contributed by atoms with Crippen molar-refractivity contribution in [2.45, 2.75) is 0 Å². The Bertz CT molecular complexity index is 587. The molecule has 5 heteroatoms.